The van der Waals surface area contributed by atoms with Gasteiger partial charge in [0.05, 0.1) is 6.61 Å². The maximum atomic E-state index is 5.44. The molecule has 0 bridgehead atoms. The van der Waals surface area contributed by atoms with Gasteiger partial charge >= 0.3 is 0 Å². The van der Waals surface area contributed by atoms with Gasteiger partial charge in [-0.05, 0) is 26.3 Å². The van der Waals surface area contributed by atoms with Crippen molar-refractivity contribution in [3.63, 3.8) is 0 Å². The van der Waals surface area contributed by atoms with Crippen LogP contribution in [-0.4, -0.2) is 36.4 Å². The summed E-state index contributed by atoms with van der Waals surface area (Å²) < 4.78 is 10.7. The topological polar surface area (TPSA) is 60.2 Å². The molecule has 2 unspecified atom stereocenters. The number of ether oxygens (including phenoxy) is 1. The van der Waals surface area contributed by atoms with Gasteiger partial charge in [0, 0.05) is 25.0 Å². The highest BCUT2D eigenvalue weighted by atomic mass is 16.5. The molecule has 1 aliphatic heterocycles. The van der Waals surface area contributed by atoms with E-state index >= 15 is 0 Å². The number of nitrogens with one attached hydrogen (secondary N) is 1. The van der Waals surface area contributed by atoms with Gasteiger partial charge in [0.15, 0.2) is 5.82 Å². The summed E-state index contributed by atoms with van der Waals surface area (Å²) in [5, 5.41) is 7.30. The molecule has 5 nitrogen and oxygen atoms in total. The second kappa shape index (κ2) is 6.12. The predicted molar refractivity (Wildman–Crippen MR) is 63.9 cm³/mol. The molecule has 17 heavy (non-hydrogen) atoms. The van der Waals surface area contributed by atoms with Crippen LogP contribution in [0.2, 0.25) is 0 Å². The van der Waals surface area contributed by atoms with Crippen molar-refractivity contribution in [3.05, 3.63) is 11.7 Å². The average molecular weight is 239 g/mol. The first-order valence-electron chi connectivity index (χ1n) is 6.41. The fraction of sp³-hybridized carbons (Fsp3) is 0.833. The van der Waals surface area contributed by atoms with Crippen LogP contribution in [0.4, 0.5) is 0 Å². The van der Waals surface area contributed by atoms with E-state index in [1.807, 2.05) is 7.05 Å². The molecule has 0 aromatic carbocycles. The number of rotatable bonds is 5. The van der Waals surface area contributed by atoms with Crippen LogP contribution < -0.4 is 5.32 Å². The van der Waals surface area contributed by atoms with Gasteiger partial charge in [-0.15, -0.1) is 0 Å². The molecular weight excluding hydrogens is 218 g/mol. The van der Waals surface area contributed by atoms with Crippen molar-refractivity contribution in [2.24, 2.45) is 0 Å². The van der Waals surface area contributed by atoms with Crippen LogP contribution in [0.5, 0.6) is 0 Å². The Labute approximate surface area is 102 Å². The summed E-state index contributed by atoms with van der Waals surface area (Å²) in [6, 6.07) is 0.408. The number of likely N-dealkylation sites (N-methyl/N-ethyl adjacent to an activating group) is 1. The van der Waals surface area contributed by atoms with Gasteiger partial charge in [-0.25, -0.2) is 0 Å². The molecule has 0 spiro atoms. The average Bonchev–Trinajstić information content (AvgIpc) is 2.85. The monoisotopic (exact) mass is 239 g/mol. The maximum Gasteiger partial charge on any atom is 0.228 e. The molecule has 1 saturated heterocycles. The fourth-order valence-electron chi connectivity index (χ4n) is 2.12. The van der Waals surface area contributed by atoms with Crippen LogP contribution in [0, 0.1) is 0 Å². The van der Waals surface area contributed by atoms with E-state index in [-0.39, 0.29) is 0 Å². The second-order valence-corrected chi connectivity index (χ2v) is 4.56. The van der Waals surface area contributed by atoms with E-state index in [0.717, 1.165) is 50.6 Å². The van der Waals surface area contributed by atoms with Crippen LogP contribution in [0.3, 0.4) is 0 Å². The molecular formula is C12H21N3O2. The zero-order valence-corrected chi connectivity index (χ0v) is 10.6. The first-order chi connectivity index (χ1) is 8.33. The lowest BCUT2D eigenvalue weighted by Gasteiger charge is -2.18. The lowest BCUT2D eigenvalue weighted by Crippen LogP contribution is -2.26. The van der Waals surface area contributed by atoms with Gasteiger partial charge in [-0.3, -0.25) is 0 Å². The number of hydrogen-bond donors (Lipinski definition) is 1. The van der Waals surface area contributed by atoms with Gasteiger partial charge in [0.2, 0.25) is 5.89 Å². The largest absolute Gasteiger partial charge is 0.381 e. The SMILES string of the molecule is CCC(Cc1nc(C2CCCOC2)no1)NC. The summed E-state index contributed by atoms with van der Waals surface area (Å²) in [5.74, 6) is 1.85. The summed E-state index contributed by atoms with van der Waals surface area (Å²) in [6.45, 7) is 3.73. The fourth-order valence-corrected chi connectivity index (χ4v) is 2.12. The normalized spacial score (nSPS) is 22.6. The van der Waals surface area contributed by atoms with E-state index in [2.05, 4.69) is 22.4 Å². The molecule has 2 rings (SSSR count). The van der Waals surface area contributed by atoms with Crippen LogP contribution in [0.1, 0.15) is 43.8 Å². The number of hydrogen-bond acceptors (Lipinski definition) is 5. The van der Waals surface area contributed by atoms with E-state index in [1.165, 1.54) is 0 Å². The molecule has 0 saturated carbocycles. The van der Waals surface area contributed by atoms with Gasteiger partial charge in [0.25, 0.3) is 0 Å². The van der Waals surface area contributed by atoms with E-state index < -0.39 is 0 Å². The summed E-state index contributed by atoms with van der Waals surface area (Å²) >= 11 is 0. The Balaban J connectivity index is 1.94. The lowest BCUT2D eigenvalue weighted by atomic mass is 10.0. The zero-order chi connectivity index (χ0) is 12.1. The van der Waals surface area contributed by atoms with E-state index in [0.29, 0.717) is 12.0 Å². The molecule has 1 aliphatic rings. The Morgan fingerprint density at radius 2 is 2.41 bits per heavy atom. The third-order valence-electron chi connectivity index (χ3n) is 3.33. The quantitative estimate of drug-likeness (QED) is 0.844. The Morgan fingerprint density at radius 1 is 1.53 bits per heavy atom. The van der Waals surface area contributed by atoms with E-state index in [4.69, 9.17) is 9.26 Å². The molecule has 0 aliphatic carbocycles. The number of nitrogens with zero attached hydrogens (tertiary/aromatic N) is 2. The zero-order valence-electron chi connectivity index (χ0n) is 10.6. The molecule has 2 heterocycles. The van der Waals surface area contributed by atoms with Crippen molar-refractivity contribution in [3.8, 4) is 0 Å². The smallest absolute Gasteiger partial charge is 0.228 e. The van der Waals surface area contributed by atoms with E-state index in [1.54, 1.807) is 0 Å². The Morgan fingerprint density at radius 3 is 3.06 bits per heavy atom. The Kier molecular flexibility index (Phi) is 4.50. The van der Waals surface area contributed by atoms with Crippen molar-refractivity contribution >= 4 is 0 Å². The summed E-state index contributed by atoms with van der Waals surface area (Å²) in [4.78, 5) is 4.47. The van der Waals surface area contributed by atoms with Gasteiger partial charge in [0.1, 0.15) is 0 Å². The molecule has 1 aromatic rings. The minimum atomic E-state index is 0.316. The van der Waals surface area contributed by atoms with Crippen molar-refractivity contribution in [2.75, 3.05) is 20.3 Å². The standard InChI is InChI=1S/C12H21N3O2/c1-3-10(13-2)7-11-14-12(15-17-11)9-5-4-6-16-8-9/h9-10,13H,3-8H2,1-2H3. The summed E-state index contributed by atoms with van der Waals surface area (Å²) in [6.07, 6.45) is 4.04. The highest BCUT2D eigenvalue weighted by molar-refractivity contribution is 4.97. The molecule has 5 heteroatoms. The van der Waals surface area contributed by atoms with Crippen molar-refractivity contribution in [1.82, 2.24) is 15.5 Å². The van der Waals surface area contributed by atoms with E-state index in [9.17, 15) is 0 Å². The van der Waals surface area contributed by atoms with Crippen LogP contribution in [0.15, 0.2) is 4.52 Å². The van der Waals surface area contributed by atoms with Gasteiger partial charge in [-0.2, -0.15) is 4.98 Å². The molecule has 0 amide bonds. The van der Waals surface area contributed by atoms with Crippen LogP contribution >= 0.6 is 0 Å². The molecule has 1 aromatic heterocycles. The van der Waals surface area contributed by atoms with Crippen molar-refractivity contribution < 1.29 is 9.26 Å². The molecule has 2 atom stereocenters. The molecule has 1 fully saturated rings. The highest BCUT2D eigenvalue weighted by Gasteiger charge is 2.22. The Hall–Kier alpha value is -0.940. The molecule has 96 valence electrons. The molecule has 0 radical (unpaired) electrons. The minimum Gasteiger partial charge on any atom is -0.381 e. The second-order valence-electron chi connectivity index (χ2n) is 4.56. The minimum absolute atomic E-state index is 0.316. The Bertz CT molecular complexity index is 330. The van der Waals surface area contributed by atoms with Crippen molar-refractivity contribution in [2.45, 2.75) is 44.6 Å². The van der Waals surface area contributed by atoms with Gasteiger partial charge in [-0.1, -0.05) is 12.1 Å². The first-order valence-corrected chi connectivity index (χ1v) is 6.41. The number of aromatic nitrogens is 2. The lowest BCUT2D eigenvalue weighted by molar-refractivity contribution is 0.0773. The van der Waals surface area contributed by atoms with Gasteiger partial charge < -0.3 is 14.6 Å². The summed E-state index contributed by atoms with van der Waals surface area (Å²) in [7, 11) is 1.96. The molecule has 1 N–H and O–H groups in total. The third kappa shape index (κ3) is 3.26. The third-order valence-corrected chi connectivity index (χ3v) is 3.33. The van der Waals surface area contributed by atoms with Crippen LogP contribution in [-0.2, 0) is 11.2 Å². The highest BCUT2D eigenvalue weighted by Crippen LogP contribution is 2.23. The first kappa shape index (κ1) is 12.5. The van der Waals surface area contributed by atoms with Crippen LogP contribution in [0.25, 0.3) is 0 Å². The summed E-state index contributed by atoms with van der Waals surface area (Å²) in [5.41, 5.74) is 0. The maximum absolute atomic E-state index is 5.44. The van der Waals surface area contributed by atoms with Crippen molar-refractivity contribution in [1.29, 1.82) is 0 Å². The predicted octanol–water partition coefficient (Wildman–Crippen LogP) is 1.50.